The van der Waals surface area contributed by atoms with Crippen LogP contribution in [0.5, 0.6) is 0 Å². The number of aromatic nitrogens is 2. The lowest BCUT2D eigenvalue weighted by Gasteiger charge is -2.19. The molecule has 0 radical (unpaired) electrons. The van der Waals surface area contributed by atoms with E-state index in [9.17, 15) is 33.6 Å². The highest BCUT2D eigenvalue weighted by molar-refractivity contribution is 7.71. The molecule has 2 heterocycles. The lowest BCUT2D eigenvalue weighted by Crippen LogP contribution is -2.36. The predicted octanol–water partition coefficient (Wildman–Crippen LogP) is -0.823. The number of aliphatic hydroxyl groups is 2. The van der Waals surface area contributed by atoms with Gasteiger partial charge in [-0.1, -0.05) is 12.2 Å². The number of aliphatic hydroxyl groups excluding tert-OH is 2. The number of ether oxygens (including phenoxy) is 1. The molecule has 1 aliphatic heterocycles. The van der Waals surface area contributed by atoms with Crippen LogP contribution in [0.2, 0.25) is 0 Å². The van der Waals surface area contributed by atoms with E-state index in [0.29, 0.717) is 5.56 Å². The molecule has 1 aliphatic rings. The maximum Gasteiger partial charge on any atom is 0.490 e. The SMILES string of the molecule is [2H]C([2H])(OP(=O)(O)OP(=O)(O)OP(=O)(O)O)[C@@H]1O[C@H](n2cc(C)c(=S)[nH]c2=O)[C@H](O)C1O. The van der Waals surface area contributed by atoms with E-state index >= 15 is 0 Å². The fraction of sp³-hybridized carbons (Fsp3) is 0.600. The summed E-state index contributed by atoms with van der Waals surface area (Å²) >= 11 is 4.87. The van der Waals surface area contributed by atoms with Gasteiger partial charge in [0, 0.05) is 11.8 Å². The van der Waals surface area contributed by atoms with Gasteiger partial charge in [0.05, 0.1) is 9.30 Å². The van der Waals surface area contributed by atoms with Gasteiger partial charge in [0.25, 0.3) is 0 Å². The topological polar surface area (TPSA) is 247 Å². The number of phosphoric acid groups is 3. The van der Waals surface area contributed by atoms with Crippen molar-refractivity contribution in [3.8, 4) is 0 Å². The number of hydrogen-bond donors (Lipinski definition) is 7. The molecular formula is C10H17N2O14P3S. The van der Waals surface area contributed by atoms with Gasteiger partial charge in [0.1, 0.15) is 23.0 Å². The maximum atomic E-state index is 12.1. The minimum absolute atomic E-state index is 0.0545. The Kier molecular flexibility index (Phi) is 6.85. The highest BCUT2D eigenvalue weighted by atomic mass is 32.1. The van der Waals surface area contributed by atoms with Crippen molar-refractivity contribution < 1.29 is 64.1 Å². The van der Waals surface area contributed by atoms with Crippen molar-refractivity contribution in [2.24, 2.45) is 0 Å². The number of H-pyrrole nitrogens is 1. The van der Waals surface area contributed by atoms with Gasteiger partial charge in [-0.3, -0.25) is 14.1 Å². The normalized spacial score (nSPS) is 30.2. The molecule has 0 bridgehead atoms. The quantitative estimate of drug-likeness (QED) is 0.165. The number of rotatable bonds is 8. The molecule has 7 N–H and O–H groups in total. The summed E-state index contributed by atoms with van der Waals surface area (Å²) in [7, 11) is -17.6. The van der Waals surface area contributed by atoms with Crippen LogP contribution in [0.15, 0.2) is 11.0 Å². The molecule has 0 amide bonds. The maximum absolute atomic E-state index is 12.1. The Morgan fingerprint density at radius 2 is 1.80 bits per heavy atom. The Morgan fingerprint density at radius 3 is 2.37 bits per heavy atom. The van der Waals surface area contributed by atoms with Crippen molar-refractivity contribution >= 4 is 35.7 Å². The first-order valence-corrected chi connectivity index (χ1v) is 12.4. The van der Waals surface area contributed by atoms with E-state index in [-0.39, 0.29) is 4.64 Å². The van der Waals surface area contributed by atoms with E-state index in [1.807, 2.05) is 0 Å². The first-order valence-electron chi connectivity index (χ1n) is 8.43. The summed E-state index contributed by atoms with van der Waals surface area (Å²) in [5.74, 6) is 0. The molecule has 2 rings (SSSR count). The molecule has 0 spiro atoms. The molecule has 20 heteroatoms. The molecule has 1 aromatic heterocycles. The molecule has 172 valence electrons. The van der Waals surface area contributed by atoms with Crippen molar-refractivity contribution in [2.45, 2.75) is 31.5 Å². The van der Waals surface area contributed by atoms with Crippen molar-refractivity contribution in [3.05, 3.63) is 26.9 Å². The largest absolute Gasteiger partial charge is 0.490 e. The van der Waals surface area contributed by atoms with Gasteiger partial charge in [0.15, 0.2) is 6.23 Å². The smallest absolute Gasteiger partial charge is 0.387 e. The van der Waals surface area contributed by atoms with E-state index in [1.165, 1.54) is 6.92 Å². The molecule has 0 aliphatic carbocycles. The lowest BCUT2D eigenvalue weighted by molar-refractivity contribution is -0.0542. The van der Waals surface area contributed by atoms with E-state index in [2.05, 4.69) is 18.1 Å². The van der Waals surface area contributed by atoms with E-state index in [1.54, 1.807) is 0 Å². The van der Waals surface area contributed by atoms with Crippen molar-refractivity contribution in [2.75, 3.05) is 6.56 Å². The summed E-state index contributed by atoms with van der Waals surface area (Å²) in [6.45, 7) is -2.06. The van der Waals surface area contributed by atoms with Gasteiger partial charge < -0.3 is 34.5 Å². The average Bonchev–Trinajstić information content (AvgIpc) is 2.82. The molecular weight excluding hydrogens is 497 g/mol. The lowest BCUT2D eigenvalue weighted by atomic mass is 10.1. The van der Waals surface area contributed by atoms with E-state index in [0.717, 1.165) is 10.8 Å². The molecule has 1 fully saturated rings. The summed E-state index contributed by atoms with van der Waals surface area (Å²) in [6, 6.07) is 0. The molecule has 3 unspecified atom stereocenters. The van der Waals surface area contributed by atoms with Crippen LogP contribution in [0, 0.1) is 11.6 Å². The number of aromatic amines is 1. The number of hydrogen-bond acceptors (Lipinski definition) is 11. The summed E-state index contributed by atoms with van der Waals surface area (Å²) in [5.41, 5.74) is -0.574. The third-order valence-electron chi connectivity index (χ3n) is 3.36. The van der Waals surface area contributed by atoms with Gasteiger partial charge in [0.2, 0.25) is 0 Å². The molecule has 6 atom stereocenters. The fourth-order valence-electron chi connectivity index (χ4n) is 2.18. The highest BCUT2D eigenvalue weighted by Gasteiger charge is 2.46. The van der Waals surface area contributed by atoms with E-state index < -0.39 is 60.3 Å². The van der Waals surface area contributed by atoms with Crippen LogP contribution in [0.25, 0.3) is 0 Å². The zero-order valence-corrected chi connectivity index (χ0v) is 18.0. The van der Waals surface area contributed by atoms with Gasteiger partial charge in [-0.25, -0.2) is 18.5 Å². The zero-order chi connectivity index (χ0) is 24.9. The Labute approximate surface area is 174 Å². The minimum Gasteiger partial charge on any atom is -0.387 e. The third-order valence-corrected chi connectivity index (χ3v) is 7.45. The van der Waals surface area contributed by atoms with Crippen LogP contribution < -0.4 is 5.69 Å². The van der Waals surface area contributed by atoms with E-state index in [4.69, 9.17) is 34.4 Å². The number of aryl methyl sites for hydroxylation is 1. The van der Waals surface area contributed by atoms with Gasteiger partial charge in [-0.05, 0) is 6.92 Å². The summed E-state index contributed by atoms with van der Waals surface area (Å²) in [4.78, 5) is 50.0. The first-order chi connectivity index (χ1) is 14.2. The minimum atomic E-state index is -5.95. The third kappa shape index (κ3) is 6.69. The van der Waals surface area contributed by atoms with Crippen LogP contribution in [0.1, 0.15) is 14.5 Å². The summed E-state index contributed by atoms with van der Waals surface area (Å²) < 4.78 is 66.2. The summed E-state index contributed by atoms with van der Waals surface area (Å²) in [5, 5.41) is 20.3. The Bertz CT molecular complexity index is 1130. The number of phosphoric ester groups is 1. The zero-order valence-electron chi connectivity index (χ0n) is 16.5. The Balaban J connectivity index is 2.27. The number of nitrogens with one attached hydrogen (secondary N) is 1. The molecule has 1 saturated heterocycles. The van der Waals surface area contributed by atoms with Crippen LogP contribution in [0.3, 0.4) is 0 Å². The molecule has 30 heavy (non-hydrogen) atoms. The number of nitrogens with zero attached hydrogens (tertiary/aromatic N) is 1. The highest BCUT2D eigenvalue weighted by Crippen LogP contribution is 2.66. The molecule has 0 aromatic carbocycles. The second-order valence-electron chi connectivity index (χ2n) is 5.71. The van der Waals surface area contributed by atoms with Gasteiger partial charge >= 0.3 is 29.2 Å². The standard InChI is InChI=1S/C10H17N2O14P3S/c1-4-2-12(10(15)11-8(4)30)9-7(14)6(13)5(24-9)3-23-28(19,20)26-29(21,22)25-27(16,17)18/h2,5-7,9,13-14H,3H2,1H3,(H,19,20)(H,21,22)(H,11,15,30)(H2,16,17,18)/t5-,6?,7+,9-/m0/s1/i3D2. The van der Waals surface area contributed by atoms with Crippen molar-refractivity contribution in [1.82, 2.24) is 9.55 Å². The second kappa shape index (κ2) is 9.10. The predicted molar refractivity (Wildman–Crippen MR) is 96.4 cm³/mol. The molecule has 16 nitrogen and oxygen atoms in total. The fourth-order valence-corrected chi connectivity index (χ4v) is 5.19. The van der Waals surface area contributed by atoms with Crippen LogP contribution in [-0.2, 0) is 31.6 Å². The second-order valence-corrected chi connectivity index (χ2v) is 10.5. The Morgan fingerprint density at radius 1 is 1.20 bits per heavy atom. The van der Waals surface area contributed by atoms with Crippen molar-refractivity contribution in [3.63, 3.8) is 0 Å². The van der Waals surface area contributed by atoms with Gasteiger partial charge in [-0.15, -0.1) is 0 Å². The van der Waals surface area contributed by atoms with Crippen LogP contribution >= 0.6 is 35.7 Å². The monoisotopic (exact) mass is 516 g/mol. The van der Waals surface area contributed by atoms with Crippen molar-refractivity contribution in [1.29, 1.82) is 0 Å². The van der Waals surface area contributed by atoms with Gasteiger partial charge in [-0.2, -0.15) is 8.62 Å². The molecule has 0 saturated carbocycles. The van der Waals surface area contributed by atoms with Crippen LogP contribution in [-0.4, -0.2) is 64.2 Å². The Hall–Kier alpha value is -0.610. The van der Waals surface area contributed by atoms with Crippen LogP contribution in [0.4, 0.5) is 0 Å². The first kappa shape index (κ1) is 22.6. The average molecular weight is 516 g/mol. The summed E-state index contributed by atoms with van der Waals surface area (Å²) in [6.07, 6.45) is -7.02. The molecule has 1 aromatic rings.